The van der Waals surface area contributed by atoms with Crippen molar-refractivity contribution in [2.45, 2.75) is 19.3 Å². The summed E-state index contributed by atoms with van der Waals surface area (Å²) in [5, 5.41) is 0. The van der Waals surface area contributed by atoms with E-state index in [4.69, 9.17) is 0 Å². The van der Waals surface area contributed by atoms with Gasteiger partial charge in [-0.3, -0.25) is 0 Å². The Morgan fingerprint density at radius 3 is 2.04 bits per heavy atom. The summed E-state index contributed by atoms with van der Waals surface area (Å²) in [5.41, 5.74) is 8.68. The fraction of sp³-hybridized carbons (Fsp3) is 0.111. The van der Waals surface area contributed by atoms with Crippen LogP contribution in [0.3, 0.4) is 0 Å². The zero-order chi connectivity index (χ0) is 19.1. The molecule has 0 heterocycles. The van der Waals surface area contributed by atoms with Crippen LogP contribution in [0.1, 0.15) is 16.7 Å². The van der Waals surface area contributed by atoms with E-state index < -0.39 is 0 Å². The molecule has 133 valence electrons. The first-order valence-corrected chi connectivity index (χ1v) is 9.33. The predicted octanol–water partition coefficient (Wildman–Crippen LogP) is 7.01. The molecule has 3 aromatic rings. The minimum Gasteiger partial charge on any atom is -0.103 e. The standard InChI is InChI=1S/C27H25/c1-4-12-21-15-7-8-17-24(21)25-18-9-10-19-27(25)26-20-11-16-22(13-5-2)23(26)14-6-3/h4-11,15-18,20H,1-3,12-14H2. The fourth-order valence-electron chi connectivity index (χ4n) is 3.60. The highest BCUT2D eigenvalue weighted by Gasteiger charge is 2.14. The van der Waals surface area contributed by atoms with Gasteiger partial charge >= 0.3 is 0 Å². The summed E-state index contributed by atoms with van der Waals surface area (Å²) in [7, 11) is 0. The van der Waals surface area contributed by atoms with Crippen LogP contribution in [0.2, 0.25) is 0 Å². The number of benzene rings is 3. The van der Waals surface area contributed by atoms with E-state index in [0.29, 0.717) is 0 Å². The maximum atomic E-state index is 3.96. The van der Waals surface area contributed by atoms with Gasteiger partial charge in [-0.05, 0) is 64.3 Å². The third kappa shape index (κ3) is 4.01. The van der Waals surface area contributed by atoms with Crippen LogP contribution in [-0.2, 0) is 19.3 Å². The van der Waals surface area contributed by atoms with Crippen LogP contribution in [0.4, 0.5) is 0 Å². The van der Waals surface area contributed by atoms with Gasteiger partial charge in [-0.2, -0.15) is 0 Å². The van der Waals surface area contributed by atoms with Crippen LogP contribution >= 0.6 is 0 Å². The molecule has 0 amide bonds. The van der Waals surface area contributed by atoms with Gasteiger partial charge in [-0.15, -0.1) is 19.7 Å². The molecule has 1 radical (unpaired) electrons. The van der Waals surface area contributed by atoms with Gasteiger partial charge in [0, 0.05) is 0 Å². The summed E-state index contributed by atoms with van der Waals surface area (Å²) >= 11 is 0. The molecule has 0 unspecified atom stereocenters. The second-order valence-electron chi connectivity index (χ2n) is 6.54. The Morgan fingerprint density at radius 1 is 0.630 bits per heavy atom. The molecule has 3 rings (SSSR count). The van der Waals surface area contributed by atoms with Crippen molar-refractivity contribution < 1.29 is 0 Å². The van der Waals surface area contributed by atoms with Crippen LogP contribution in [0.15, 0.2) is 98.6 Å². The van der Waals surface area contributed by atoms with E-state index in [1.807, 2.05) is 24.3 Å². The van der Waals surface area contributed by atoms with Gasteiger partial charge in [0.25, 0.3) is 0 Å². The van der Waals surface area contributed by atoms with Gasteiger partial charge in [0.15, 0.2) is 0 Å². The van der Waals surface area contributed by atoms with Gasteiger partial charge in [0.2, 0.25) is 0 Å². The Bertz CT molecular complexity index is 959. The number of rotatable bonds is 8. The van der Waals surface area contributed by atoms with Crippen molar-refractivity contribution in [1.29, 1.82) is 0 Å². The molecule has 27 heavy (non-hydrogen) atoms. The average molecular weight is 349 g/mol. The molecule has 0 bridgehead atoms. The summed E-state index contributed by atoms with van der Waals surface area (Å²) in [6.45, 7) is 11.8. The van der Waals surface area contributed by atoms with E-state index >= 15 is 0 Å². The van der Waals surface area contributed by atoms with Crippen LogP contribution in [-0.4, -0.2) is 0 Å². The third-order valence-corrected chi connectivity index (χ3v) is 4.78. The lowest BCUT2D eigenvalue weighted by atomic mass is 9.86. The molecule has 0 N–H and O–H groups in total. The summed E-state index contributed by atoms with van der Waals surface area (Å²) in [5.74, 6) is 0. The highest BCUT2D eigenvalue weighted by atomic mass is 14.2. The van der Waals surface area contributed by atoms with Crippen molar-refractivity contribution in [3.05, 3.63) is 121 Å². The first-order valence-electron chi connectivity index (χ1n) is 9.33. The zero-order valence-electron chi connectivity index (χ0n) is 15.7. The Balaban J connectivity index is 2.24. The minimum absolute atomic E-state index is 0.829. The van der Waals surface area contributed by atoms with E-state index in [9.17, 15) is 0 Å². The smallest absolute Gasteiger partial charge is 0.00235 e. The topological polar surface area (TPSA) is 0 Å². The Labute approximate surface area is 163 Å². The van der Waals surface area contributed by atoms with E-state index in [0.717, 1.165) is 24.8 Å². The molecular formula is C27H25. The Kier molecular flexibility index (Phi) is 6.22. The van der Waals surface area contributed by atoms with Gasteiger partial charge in [-0.1, -0.05) is 78.9 Å². The van der Waals surface area contributed by atoms with Gasteiger partial charge in [0.05, 0.1) is 0 Å². The first-order chi connectivity index (χ1) is 13.3. The normalized spacial score (nSPS) is 10.4. The fourth-order valence-corrected chi connectivity index (χ4v) is 3.60. The molecule has 0 aliphatic carbocycles. The van der Waals surface area contributed by atoms with Gasteiger partial charge in [0.1, 0.15) is 0 Å². The summed E-state index contributed by atoms with van der Waals surface area (Å²) in [6.07, 6.45) is 8.42. The number of hydrogen-bond acceptors (Lipinski definition) is 0. The molecule has 0 fully saturated rings. The highest BCUT2D eigenvalue weighted by Crippen LogP contribution is 2.36. The van der Waals surface area contributed by atoms with Crippen molar-refractivity contribution in [3.63, 3.8) is 0 Å². The maximum absolute atomic E-state index is 3.96. The SMILES string of the molecule is C=CCc1ccccc1-c1ccc[c]c1-c1cccc(CC=C)c1CC=C. The predicted molar refractivity (Wildman–Crippen MR) is 118 cm³/mol. The van der Waals surface area contributed by atoms with E-state index in [-0.39, 0.29) is 0 Å². The Hall–Kier alpha value is -3.12. The lowest BCUT2D eigenvalue weighted by Gasteiger charge is -2.17. The molecule has 0 spiro atoms. The summed E-state index contributed by atoms with van der Waals surface area (Å²) < 4.78 is 0. The third-order valence-electron chi connectivity index (χ3n) is 4.78. The maximum Gasteiger partial charge on any atom is -0.00235 e. The van der Waals surface area contributed by atoms with Crippen LogP contribution < -0.4 is 0 Å². The molecular weight excluding hydrogens is 324 g/mol. The van der Waals surface area contributed by atoms with E-state index in [1.165, 1.54) is 33.4 Å². The monoisotopic (exact) mass is 349 g/mol. The second-order valence-corrected chi connectivity index (χ2v) is 6.54. The molecule has 0 aliphatic heterocycles. The van der Waals surface area contributed by atoms with Crippen LogP contribution in [0.5, 0.6) is 0 Å². The first kappa shape index (κ1) is 18.7. The van der Waals surface area contributed by atoms with E-state index in [2.05, 4.69) is 80.4 Å². The van der Waals surface area contributed by atoms with Crippen LogP contribution in [0.25, 0.3) is 22.3 Å². The number of hydrogen-bond donors (Lipinski definition) is 0. The van der Waals surface area contributed by atoms with Crippen molar-refractivity contribution in [2.75, 3.05) is 0 Å². The van der Waals surface area contributed by atoms with E-state index in [1.54, 1.807) is 0 Å². The molecule has 0 atom stereocenters. The second kappa shape index (κ2) is 9.00. The average Bonchev–Trinajstić information content (AvgIpc) is 2.70. The molecule has 0 nitrogen and oxygen atoms in total. The molecule has 0 heteroatoms. The van der Waals surface area contributed by atoms with Crippen LogP contribution in [0, 0.1) is 6.07 Å². The molecule has 3 aromatic carbocycles. The molecule has 0 aromatic heterocycles. The summed E-state index contributed by atoms with van der Waals surface area (Å²) in [6, 6.07) is 24.8. The largest absolute Gasteiger partial charge is 0.103 e. The molecule has 0 saturated heterocycles. The lowest BCUT2D eigenvalue weighted by Crippen LogP contribution is -1.98. The highest BCUT2D eigenvalue weighted by molar-refractivity contribution is 5.86. The van der Waals surface area contributed by atoms with Crippen molar-refractivity contribution in [1.82, 2.24) is 0 Å². The van der Waals surface area contributed by atoms with Crippen molar-refractivity contribution >= 4 is 0 Å². The minimum atomic E-state index is 0.829. The van der Waals surface area contributed by atoms with Gasteiger partial charge < -0.3 is 0 Å². The van der Waals surface area contributed by atoms with Crippen molar-refractivity contribution in [2.24, 2.45) is 0 Å². The quantitative estimate of drug-likeness (QED) is 0.384. The Morgan fingerprint density at radius 2 is 1.26 bits per heavy atom. The number of allylic oxidation sites excluding steroid dienone is 3. The lowest BCUT2D eigenvalue weighted by molar-refractivity contribution is 1.16. The molecule has 0 saturated carbocycles. The summed E-state index contributed by atoms with van der Waals surface area (Å²) in [4.78, 5) is 0. The molecule has 0 aliphatic rings. The van der Waals surface area contributed by atoms with Crippen molar-refractivity contribution in [3.8, 4) is 22.3 Å². The van der Waals surface area contributed by atoms with Gasteiger partial charge in [-0.25, -0.2) is 0 Å². The zero-order valence-corrected chi connectivity index (χ0v) is 15.7.